The molecule has 1 aliphatic rings. The Kier molecular flexibility index (Phi) is 6.53. The molecule has 2 N–H and O–H groups in total. The first-order valence-corrected chi connectivity index (χ1v) is 12.5. The lowest BCUT2D eigenvalue weighted by molar-refractivity contribution is -0.115. The van der Waals surface area contributed by atoms with Gasteiger partial charge in [0.25, 0.3) is 10.0 Å². The van der Waals surface area contributed by atoms with Gasteiger partial charge in [0.1, 0.15) is 0 Å². The minimum Gasteiger partial charge on any atom is -0.372 e. The highest BCUT2D eigenvalue weighted by Gasteiger charge is 2.16. The number of anilines is 3. The lowest BCUT2D eigenvalue weighted by Gasteiger charge is -2.28. The molecule has 4 rings (SSSR count). The highest BCUT2D eigenvalue weighted by Crippen LogP contribution is 2.23. The van der Waals surface area contributed by atoms with E-state index >= 15 is 0 Å². The molecule has 1 amide bonds. The van der Waals surface area contributed by atoms with Crippen LogP contribution in [-0.4, -0.2) is 32.4 Å². The van der Waals surface area contributed by atoms with Crippen LogP contribution in [0.25, 0.3) is 0 Å². The smallest absolute Gasteiger partial charge is 0.263 e. The third-order valence-corrected chi connectivity index (χ3v) is 7.33. The number of nitrogens with zero attached hydrogens (tertiary/aromatic N) is 2. The maximum absolute atomic E-state index is 12.4. The van der Waals surface area contributed by atoms with E-state index in [0.29, 0.717) is 5.69 Å². The number of benzene rings is 2. The zero-order chi connectivity index (χ0) is 21.7. The number of hydrogen-bond acceptors (Lipinski definition) is 6. The van der Waals surface area contributed by atoms with E-state index in [4.69, 9.17) is 0 Å². The van der Waals surface area contributed by atoms with Crippen molar-refractivity contribution in [2.75, 3.05) is 28.0 Å². The van der Waals surface area contributed by atoms with Crippen LogP contribution in [0, 0.1) is 0 Å². The molecule has 31 heavy (non-hydrogen) atoms. The summed E-state index contributed by atoms with van der Waals surface area (Å²) in [5, 5.41) is 4.79. The second kappa shape index (κ2) is 9.49. The SMILES string of the molecule is O=C(Cc1csc(NS(=O)(=O)c2ccccc2)n1)Nc1ccc(N2CCCCC2)cc1. The first-order chi connectivity index (χ1) is 15.0. The van der Waals surface area contributed by atoms with Crippen molar-refractivity contribution in [1.82, 2.24) is 4.98 Å². The van der Waals surface area contributed by atoms with E-state index in [-0.39, 0.29) is 22.4 Å². The molecule has 2 aromatic carbocycles. The number of thiazole rings is 1. The molecule has 2 heterocycles. The molecule has 9 heteroatoms. The molecule has 0 unspecified atom stereocenters. The summed E-state index contributed by atoms with van der Waals surface area (Å²) < 4.78 is 27.2. The Bertz CT molecular complexity index is 1120. The third kappa shape index (κ3) is 5.62. The third-order valence-electron chi connectivity index (χ3n) is 5.04. The number of carbonyl (C=O) groups is 1. The Morgan fingerprint density at radius 3 is 2.42 bits per heavy atom. The van der Waals surface area contributed by atoms with Crippen LogP contribution in [0.5, 0.6) is 0 Å². The normalized spacial score (nSPS) is 14.3. The van der Waals surface area contributed by atoms with Crippen LogP contribution in [0.4, 0.5) is 16.5 Å². The molecule has 3 aromatic rings. The van der Waals surface area contributed by atoms with Crippen molar-refractivity contribution >= 4 is 43.8 Å². The van der Waals surface area contributed by atoms with Crippen LogP contribution in [0.3, 0.4) is 0 Å². The molecule has 0 bridgehead atoms. The maximum Gasteiger partial charge on any atom is 0.263 e. The average Bonchev–Trinajstić information content (AvgIpc) is 3.21. The van der Waals surface area contributed by atoms with Gasteiger partial charge in [-0.1, -0.05) is 18.2 Å². The topological polar surface area (TPSA) is 91.4 Å². The molecular weight excluding hydrogens is 432 g/mol. The van der Waals surface area contributed by atoms with Gasteiger partial charge >= 0.3 is 0 Å². The van der Waals surface area contributed by atoms with Crippen LogP contribution in [0.1, 0.15) is 25.0 Å². The van der Waals surface area contributed by atoms with Gasteiger partial charge in [-0.25, -0.2) is 13.4 Å². The van der Waals surface area contributed by atoms with E-state index in [2.05, 4.69) is 19.9 Å². The first kappa shape index (κ1) is 21.3. The summed E-state index contributed by atoms with van der Waals surface area (Å²) in [6, 6.07) is 16.0. The number of nitrogens with one attached hydrogen (secondary N) is 2. The zero-order valence-electron chi connectivity index (χ0n) is 17.0. The van der Waals surface area contributed by atoms with Gasteiger partial charge in [0, 0.05) is 29.8 Å². The van der Waals surface area contributed by atoms with Gasteiger partial charge in [0.05, 0.1) is 17.0 Å². The van der Waals surface area contributed by atoms with Crippen molar-refractivity contribution in [3.05, 3.63) is 65.7 Å². The predicted molar refractivity (Wildman–Crippen MR) is 124 cm³/mol. The van der Waals surface area contributed by atoms with Gasteiger partial charge in [-0.15, -0.1) is 11.3 Å². The van der Waals surface area contributed by atoms with Crippen LogP contribution in [0.2, 0.25) is 0 Å². The quantitative estimate of drug-likeness (QED) is 0.558. The summed E-state index contributed by atoms with van der Waals surface area (Å²) in [7, 11) is -3.70. The Hall–Kier alpha value is -2.91. The lowest BCUT2D eigenvalue weighted by Crippen LogP contribution is -2.29. The van der Waals surface area contributed by atoms with Gasteiger partial charge < -0.3 is 10.2 Å². The van der Waals surface area contributed by atoms with Crippen molar-refractivity contribution in [1.29, 1.82) is 0 Å². The molecule has 1 aliphatic heterocycles. The first-order valence-electron chi connectivity index (χ1n) is 10.2. The van der Waals surface area contributed by atoms with Gasteiger partial charge in [-0.3, -0.25) is 9.52 Å². The minimum absolute atomic E-state index is 0.0669. The van der Waals surface area contributed by atoms with Gasteiger partial charge in [0.15, 0.2) is 5.13 Å². The standard InChI is InChI=1S/C22H24N4O3S2/c27-21(23-17-9-11-19(12-10-17)26-13-5-2-6-14-26)15-18-16-30-22(24-18)25-31(28,29)20-7-3-1-4-8-20/h1,3-4,7-12,16H,2,5-6,13-15H2,(H,23,27)(H,24,25). The molecule has 0 atom stereocenters. The number of sulfonamides is 1. The molecule has 0 aliphatic carbocycles. The van der Waals surface area contributed by atoms with E-state index in [1.165, 1.54) is 37.1 Å². The van der Waals surface area contributed by atoms with Crippen LogP contribution >= 0.6 is 11.3 Å². The van der Waals surface area contributed by atoms with E-state index in [0.717, 1.165) is 30.1 Å². The molecule has 1 saturated heterocycles. The van der Waals surface area contributed by atoms with E-state index in [1.54, 1.807) is 23.6 Å². The van der Waals surface area contributed by atoms with Gasteiger partial charge in [-0.05, 0) is 55.7 Å². The monoisotopic (exact) mass is 456 g/mol. The van der Waals surface area contributed by atoms with E-state index < -0.39 is 10.0 Å². The summed E-state index contributed by atoms with van der Waals surface area (Å²) >= 11 is 1.15. The fourth-order valence-electron chi connectivity index (χ4n) is 3.49. The fourth-order valence-corrected chi connectivity index (χ4v) is 5.47. The molecule has 0 saturated carbocycles. The second-order valence-corrected chi connectivity index (χ2v) is 9.92. The van der Waals surface area contributed by atoms with Crippen molar-refractivity contribution in [3.8, 4) is 0 Å². The Labute approximate surface area is 186 Å². The molecule has 0 spiro atoms. The largest absolute Gasteiger partial charge is 0.372 e. The molecular formula is C22H24N4O3S2. The average molecular weight is 457 g/mol. The van der Waals surface area contributed by atoms with E-state index in [1.807, 2.05) is 24.3 Å². The summed E-state index contributed by atoms with van der Waals surface area (Å²) in [5.74, 6) is -0.200. The second-order valence-electron chi connectivity index (χ2n) is 7.38. The Balaban J connectivity index is 1.33. The lowest BCUT2D eigenvalue weighted by atomic mass is 10.1. The highest BCUT2D eigenvalue weighted by molar-refractivity contribution is 7.93. The maximum atomic E-state index is 12.4. The molecule has 7 nitrogen and oxygen atoms in total. The predicted octanol–water partition coefficient (Wildman–Crippen LogP) is 4.12. The van der Waals surface area contributed by atoms with Crippen molar-refractivity contribution in [2.24, 2.45) is 0 Å². The number of carbonyl (C=O) groups excluding carboxylic acids is 1. The van der Waals surface area contributed by atoms with Gasteiger partial charge in [0.2, 0.25) is 5.91 Å². The van der Waals surface area contributed by atoms with Crippen molar-refractivity contribution < 1.29 is 13.2 Å². The highest BCUT2D eigenvalue weighted by atomic mass is 32.2. The number of amides is 1. The summed E-state index contributed by atoms with van der Waals surface area (Å²) in [4.78, 5) is 19.2. The summed E-state index contributed by atoms with van der Waals surface area (Å²) in [5.41, 5.74) is 2.41. The Morgan fingerprint density at radius 2 is 1.71 bits per heavy atom. The number of rotatable bonds is 7. The fraction of sp³-hybridized carbons (Fsp3) is 0.273. The number of hydrogen-bond donors (Lipinski definition) is 2. The molecule has 1 aromatic heterocycles. The zero-order valence-corrected chi connectivity index (χ0v) is 18.6. The van der Waals surface area contributed by atoms with Gasteiger partial charge in [-0.2, -0.15) is 0 Å². The molecule has 1 fully saturated rings. The molecule has 162 valence electrons. The molecule has 0 radical (unpaired) electrons. The number of piperidine rings is 1. The minimum atomic E-state index is -3.70. The van der Waals surface area contributed by atoms with Crippen molar-refractivity contribution in [3.63, 3.8) is 0 Å². The van der Waals surface area contributed by atoms with E-state index in [9.17, 15) is 13.2 Å². The summed E-state index contributed by atoms with van der Waals surface area (Å²) in [6.07, 6.45) is 3.79. The number of aromatic nitrogens is 1. The van der Waals surface area contributed by atoms with Crippen LogP contribution in [-0.2, 0) is 21.2 Å². The van der Waals surface area contributed by atoms with Crippen LogP contribution in [0.15, 0.2) is 64.9 Å². The summed E-state index contributed by atoms with van der Waals surface area (Å²) in [6.45, 7) is 2.15. The Morgan fingerprint density at radius 1 is 1.00 bits per heavy atom. The van der Waals surface area contributed by atoms with Crippen LogP contribution < -0.4 is 14.9 Å². The van der Waals surface area contributed by atoms with Crippen molar-refractivity contribution in [2.45, 2.75) is 30.6 Å².